The van der Waals surface area contributed by atoms with Crippen molar-refractivity contribution in [2.75, 3.05) is 0 Å². The third kappa shape index (κ3) is 6.51. The summed E-state index contributed by atoms with van der Waals surface area (Å²) in [6, 6.07) is 0. The lowest BCUT2D eigenvalue weighted by atomic mass is 9.92. The van der Waals surface area contributed by atoms with Crippen LogP contribution in [0.3, 0.4) is 0 Å². The Kier molecular flexibility index (Phi) is 4.62. The van der Waals surface area contributed by atoms with Crippen LogP contribution in [0, 0.1) is 5.41 Å². The molecular formula is C11H20F3NO2. The zero-order valence-electron chi connectivity index (χ0n) is 11.0. The van der Waals surface area contributed by atoms with Gasteiger partial charge in [-0.2, -0.15) is 13.2 Å². The van der Waals surface area contributed by atoms with E-state index in [1.165, 1.54) is 0 Å². The lowest BCUT2D eigenvalue weighted by molar-refractivity contribution is -0.212. The van der Waals surface area contributed by atoms with Crippen LogP contribution in [-0.4, -0.2) is 23.9 Å². The molecular weight excluding hydrogens is 235 g/mol. The van der Waals surface area contributed by atoms with Crippen LogP contribution in [0.15, 0.2) is 0 Å². The highest BCUT2D eigenvalue weighted by Crippen LogP contribution is 2.26. The van der Waals surface area contributed by atoms with E-state index in [0.29, 0.717) is 0 Å². The van der Waals surface area contributed by atoms with Crippen molar-refractivity contribution >= 4 is 5.97 Å². The molecule has 0 rings (SSSR count). The van der Waals surface area contributed by atoms with E-state index in [1.807, 2.05) is 0 Å². The van der Waals surface area contributed by atoms with Gasteiger partial charge in [-0.05, 0) is 20.8 Å². The van der Waals surface area contributed by atoms with Gasteiger partial charge in [0, 0.05) is 11.0 Å². The van der Waals surface area contributed by atoms with Crippen LogP contribution in [0.1, 0.15) is 41.5 Å². The minimum atomic E-state index is -4.97. The Morgan fingerprint density at radius 1 is 1.06 bits per heavy atom. The van der Waals surface area contributed by atoms with Gasteiger partial charge < -0.3 is 4.74 Å². The molecule has 0 aromatic carbocycles. The first-order chi connectivity index (χ1) is 7.23. The fourth-order valence-corrected chi connectivity index (χ4v) is 0.990. The Labute approximate surface area is 99.7 Å². The number of hydrogen-bond donors (Lipinski definition) is 1. The molecule has 0 spiro atoms. The minimum absolute atomic E-state index is 0.455. The first kappa shape index (κ1) is 16.2. The molecule has 0 saturated carbocycles. The maximum atomic E-state index is 12.1. The molecule has 1 N–H and O–H groups in total. The molecule has 0 fully saturated rings. The van der Waals surface area contributed by atoms with Crippen molar-refractivity contribution in [3.63, 3.8) is 0 Å². The number of esters is 1. The van der Waals surface area contributed by atoms with E-state index in [0.717, 1.165) is 0 Å². The summed E-state index contributed by atoms with van der Waals surface area (Å²) < 4.78 is 40.9. The number of halogens is 3. The molecule has 0 aromatic heterocycles. The largest absolute Gasteiger partial charge is 0.490 e. The summed E-state index contributed by atoms with van der Waals surface area (Å²) in [5, 5.41) is 2.86. The van der Waals surface area contributed by atoms with Crippen LogP contribution in [0.4, 0.5) is 13.2 Å². The molecule has 1 atom stereocenters. The van der Waals surface area contributed by atoms with Crippen molar-refractivity contribution in [3.05, 3.63) is 0 Å². The van der Waals surface area contributed by atoms with Gasteiger partial charge in [-0.15, -0.1) is 0 Å². The number of rotatable bonds is 2. The van der Waals surface area contributed by atoms with E-state index in [-0.39, 0.29) is 0 Å². The van der Waals surface area contributed by atoms with Crippen molar-refractivity contribution in [3.8, 4) is 0 Å². The van der Waals surface area contributed by atoms with Gasteiger partial charge in [0.15, 0.2) is 6.23 Å². The number of hydrogen-bond acceptors (Lipinski definition) is 3. The van der Waals surface area contributed by atoms with E-state index >= 15 is 0 Å². The summed E-state index contributed by atoms with van der Waals surface area (Å²) in [6.45, 7) is 10.4. The Morgan fingerprint density at radius 2 is 1.47 bits per heavy atom. The van der Waals surface area contributed by atoms with E-state index in [2.05, 4.69) is 10.1 Å². The van der Waals surface area contributed by atoms with Gasteiger partial charge in [0.2, 0.25) is 0 Å². The molecule has 17 heavy (non-hydrogen) atoms. The molecule has 0 bridgehead atoms. The minimum Gasteiger partial charge on any atom is -0.439 e. The third-order valence-electron chi connectivity index (χ3n) is 1.81. The lowest BCUT2D eigenvalue weighted by Gasteiger charge is -2.36. The molecule has 0 aliphatic heterocycles. The van der Waals surface area contributed by atoms with Gasteiger partial charge in [-0.1, -0.05) is 20.8 Å². The SMILES string of the molecule is CC(C)(C)NC(OC(=O)C(F)(F)F)C(C)(C)C. The normalized spacial score (nSPS) is 15.6. The van der Waals surface area contributed by atoms with Gasteiger partial charge in [0.1, 0.15) is 0 Å². The maximum Gasteiger partial charge on any atom is 0.490 e. The average molecular weight is 255 g/mol. The van der Waals surface area contributed by atoms with Crippen molar-refractivity contribution in [1.82, 2.24) is 5.32 Å². The molecule has 0 aliphatic rings. The molecule has 6 heteroatoms. The van der Waals surface area contributed by atoms with Crippen LogP contribution in [0.5, 0.6) is 0 Å². The molecule has 0 aromatic rings. The number of nitrogens with one attached hydrogen (secondary N) is 1. The highest BCUT2D eigenvalue weighted by molar-refractivity contribution is 5.75. The molecule has 1 unspecified atom stereocenters. The molecule has 0 aliphatic carbocycles. The third-order valence-corrected chi connectivity index (χ3v) is 1.81. The highest BCUT2D eigenvalue weighted by Gasteiger charge is 2.44. The zero-order valence-corrected chi connectivity index (χ0v) is 11.0. The summed E-state index contributed by atoms with van der Waals surface area (Å²) in [6.07, 6.45) is -5.97. The monoisotopic (exact) mass is 255 g/mol. The van der Waals surface area contributed by atoms with Crippen LogP contribution in [0.25, 0.3) is 0 Å². The fourth-order valence-electron chi connectivity index (χ4n) is 0.990. The summed E-state index contributed by atoms with van der Waals surface area (Å²) >= 11 is 0. The fraction of sp³-hybridized carbons (Fsp3) is 0.909. The van der Waals surface area contributed by atoms with Crippen molar-refractivity contribution in [2.45, 2.75) is 59.5 Å². The van der Waals surface area contributed by atoms with E-state index < -0.39 is 29.3 Å². The Morgan fingerprint density at radius 3 is 1.71 bits per heavy atom. The molecule has 0 amide bonds. The van der Waals surface area contributed by atoms with Gasteiger partial charge in [-0.3, -0.25) is 5.32 Å². The predicted molar refractivity (Wildman–Crippen MR) is 58.3 cm³/mol. The van der Waals surface area contributed by atoms with Crippen molar-refractivity contribution in [2.24, 2.45) is 5.41 Å². The predicted octanol–water partition coefficient (Wildman–Crippen LogP) is 2.85. The van der Waals surface area contributed by atoms with Crippen LogP contribution in [-0.2, 0) is 9.53 Å². The standard InChI is InChI=1S/C11H20F3NO2/c1-9(2,3)7(15-10(4,5)6)17-8(16)11(12,13)14/h7,15H,1-6H3. The first-order valence-electron chi connectivity index (χ1n) is 5.29. The van der Waals surface area contributed by atoms with Gasteiger partial charge in [0.25, 0.3) is 0 Å². The maximum absolute atomic E-state index is 12.1. The van der Waals surface area contributed by atoms with E-state index in [1.54, 1.807) is 41.5 Å². The number of alkyl halides is 3. The van der Waals surface area contributed by atoms with E-state index in [9.17, 15) is 18.0 Å². The van der Waals surface area contributed by atoms with Gasteiger partial charge in [0.05, 0.1) is 0 Å². The summed E-state index contributed by atoms with van der Waals surface area (Å²) in [5.74, 6) is -2.17. The second kappa shape index (κ2) is 4.84. The van der Waals surface area contributed by atoms with Crippen molar-refractivity contribution < 1.29 is 22.7 Å². The first-order valence-corrected chi connectivity index (χ1v) is 5.29. The number of carbonyl (C=O) groups excluding carboxylic acids is 1. The van der Waals surface area contributed by atoms with Crippen LogP contribution < -0.4 is 5.32 Å². The highest BCUT2D eigenvalue weighted by atomic mass is 19.4. The van der Waals surface area contributed by atoms with Crippen LogP contribution in [0.2, 0.25) is 0 Å². The summed E-state index contributed by atoms with van der Waals surface area (Å²) in [4.78, 5) is 10.8. The van der Waals surface area contributed by atoms with Crippen LogP contribution >= 0.6 is 0 Å². The van der Waals surface area contributed by atoms with Crippen molar-refractivity contribution in [1.29, 1.82) is 0 Å². The Balaban J connectivity index is 4.81. The Hall–Kier alpha value is -0.780. The zero-order chi connectivity index (χ0) is 14.1. The van der Waals surface area contributed by atoms with Gasteiger partial charge >= 0.3 is 12.1 Å². The number of ether oxygens (including phenoxy) is 1. The average Bonchev–Trinajstić information content (AvgIpc) is 1.96. The molecule has 0 radical (unpaired) electrons. The molecule has 3 nitrogen and oxygen atoms in total. The summed E-state index contributed by atoms with van der Waals surface area (Å²) in [5.41, 5.74) is -1.09. The van der Waals surface area contributed by atoms with Gasteiger partial charge in [-0.25, -0.2) is 4.79 Å². The second-order valence-corrected chi connectivity index (χ2v) is 6.04. The smallest absolute Gasteiger partial charge is 0.439 e. The molecule has 0 heterocycles. The summed E-state index contributed by atoms with van der Waals surface area (Å²) in [7, 11) is 0. The Bertz CT molecular complexity index is 274. The molecule has 102 valence electrons. The quantitative estimate of drug-likeness (QED) is 0.609. The van der Waals surface area contributed by atoms with E-state index in [4.69, 9.17) is 0 Å². The topological polar surface area (TPSA) is 38.3 Å². The molecule has 0 saturated heterocycles. The second-order valence-electron chi connectivity index (χ2n) is 6.04. The number of carbonyl (C=O) groups is 1. The lowest BCUT2D eigenvalue weighted by Crippen LogP contribution is -2.53.